The molecule has 1 fully saturated rings. The second kappa shape index (κ2) is 5.29. The van der Waals surface area contributed by atoms with E-state index in [4.69, 9.17) is 0 Å². The molecule has 17 heavy (non-hydrogen) atoms. The van der Waals surface area contributed by atoms with Gasteiger partial charge in [-0.05, 0) is 22.0 Å². The molecular formula is C11H13BrF2N2O. The Morgan fingerprint density at radius 2 is 2.00 bits per heavy atom. The fourth-order valence-electron chi connectivity index (χ4n) is 1.87. The van der Waals surface area contributed by atoms with E-state index < -0.39 is 11.6 Å². The summed E-state index contributed by atoms with van der Waals surface area (Å²) in [7, 11) is 0. The fraction of sp³-hybridized carbons (Fsp3) is 0.455. The molecule has 0 amide bonds. The first-order valence-corrected chi connectivity index (χ1v) is 6.17. The molecule has 0 saturated carbocycles. The van der Waals surface area contributed by atoms with Gasteiger partial charge < -0.3 is 10.4 Å². The Labute approximate surface area is 107 Å². The monoisotopic (exact) mass is 306 g/mol. The largest absolute Gasteiger partial charge is 0.506 e. The van der Waals surface area contributed by atoms with Crippen LogP contribution >= 0.6 is 15.9 Å². The second-order valence-electron chi connectivity index (χ2n) is 4.01. The lowest BCUT2D eigenvalue weighted by Gasteiger charge is -2.27. The molecule has 1 aliphatic rings. The van der Waals surface area contributed by atoms with Crippen molar-refractivity contribution in [3.05, 3.63) is 27.7 Å². The second-order valence-corrected chi connectivity index (χ2v) is 4.86. The molecule has 0 radical (unpaired) electrons. The van der Waals surface area contributed by atoms with Crippen molar-refractivity contribution >= 4 is 15.9 Å². The third kappa shape index (κ3) is 2.75. The Balaban J connectivity index is 2.24. The highest BCUT2D eigenvalue weighted by atomic mass is 79.9. The fourth-order valence-corrected chi connectivity index (χ4v) is 2.31. The molecule has 2 rings (SSSR count). The van der Waals surface area contributed by atoms with Gasteiger partial charge in [-0.2, -0.15) is 0 Å². The Bertz CT molecular complexity index is 396. The molecule has 1 saturated heterocycles. The van der Waals surface area contributed by atoms with Crippen molar-refractivity contribution in [1.29, 1.82) is 0 Å². The Morgan fingerprint density at radius 1 is 1.35 bits per heavy atom. The van der Waals surface area contributed by atoms with Crippen molar-refractivity contribution in [3.63, 3.8) is 0 Å². The number of benzene rings is 1. The summed E-state index contributed by atoms with van der Waals surface area (Å²) in [6, 6.07) is 0.936. The minimum atomic E-state index is -0.968. The highest BCUT2D eigenvalue weighted by molar-refractivity contribution is 9.10. The van der Waals surface area contributed by atoms with Gasteiger partial charge in [0.15, 0.2) is 11.6 Å². The van der Waals surface area contributed by atoms with Gasteiger partial charge in [0, 0.05) is 38.3 Å². The average Bonchev–Trinajstić information content (AvgIpc) is 2.33. The molecule has 2 N–H and O–H groups in total. The topological polar surface area (TPSA) is 35.5 Å². The number of nitrogens with zero attached hydrogens (tertiary/aromatic N) is 1. The zero-order valence-electron chi connectivity index (χ0n) is 9.14. The van der Waals surface area contributed by atoms with E-state index in [1.54, 1.807) is 0 Å². The minimum Gasteiger partial charge on any atom is -0.506 e. The number of hydrogen-bond donors (Lipinski definition) is 2. The van der Waals surface area contributed by atoms with Crippen LogP contribution in [-0.4, -0.2) is 36.2 Å². The molecule has 6 heteroatoms. The first kappa shape index (κ1) is 12.7. The van der Waals surface area contributed by atoms with Crippen molar-refractivity contribution in [2.45, 2.75) is 6.54 Å². The van der Waals surface area contributed by atoms with Crippen molar-refractivity contribution < 1.29 is 13.9 Å². The van der Waals surface area contributed by atoms with Crippen LogP contribution in [0.4, 0.5) is 8.78 Å². The molecule has 0 aromatic heterocycles. The summed E-state index contributed by atoms with van der Waals surface area (Å²) in [4.78, 5) is 1.97. The summed E-state index contributed by atoms with van der Waals surface area (Å²) in [5, 5.41) is 12.9. The summed E-state index contributed by atoms with van der Waals surface area (Å²) in [5.74, 6) is -2.13. The van der Waals surface area contributed by atoms with Gasteiger partial charge in [-0.15, -0.1) is 0 Å². The van der Waals surface area contributed by atoms with Crippen molar-refractivity contribution in [3.8, 4) is 5.75 Å². The third-order valence-corrected chi connectivity index (χ3v) is 3.44. The van der Waals surface area contributed by atoms with Crippen LogP contribution < -0.4 is 5.32 Å². The van der Waals surface area contributed by atoms with Gasteiger partial charge in [0.2, 0.25) is 0 Å². The number of nitrogens with one attached hydrogen (secondary N) is 1. The number of hydrogen-bond acceptors (Lipinski definition) is 3. The summed E-state index contributed by atoms with van der Waals surface area (Å²) in [5.41, 5.74) is 0.0128. The first-order valence-electron chi connectivity index (χ1n) is 5.38. The van der Waals surface area contributed by atoms with Crippen molar-refractivity contribution in [2.24, 2.45) is 0 Å². The van der Waals surface area contributed by atoms with Crippen LogP contribution in [0.1, 0.15) is 5.56 Å². The van der Waals surface area contributed by atoms with Gasteiger partial charge in [0.1, 0.15) is 5.75 Å². The summed E-state index contributed by atoms with van der Waals surface area (Å²) in [6.45, 7) is 3.37. The quantitative estimate of drug-likeness (QED) is 0.819. The molecule has 0 bridgehead atoms. The Hall–Kier alpha value is -0.720. The highest BCUT2D eigenvalue weighted by Crippen LogP contribution is 2.32. The van der Waals surface area contributed by atoms with Crippen molar-refractivity contribution in [2.75, 3.05) is 26.2 Å². The van der Waals surface area contributed by atoms with E-state index in [2.05, 4.69) is 21.2 Å². The van der Waals surface area contributed by atoms with Crippen LogP contribution in [0, 0.1) is 11.6 Å². The molecule has 1 aliphatic heterocycles. The molecule has 0 unspecified atom stereocenters. The summed E-state index contributed by atoms with van der Waals surface area (Å²) < 4.78 is 27.0. The summed E-state index contributed by atoms with van der Waals surface area (Å²) in [6.07, 6.45) is 0. The zero-order chi connectivity index (χ0) is 12.4. The van der Waals surface area contributed by atoms with Crippen LogP contribution in [0.3, 0.4) is 0 Å². The number of phenolic OH excluding ortho intramolecular Hbond substituents is 1. The molecular weight excluding hydrogens is 294 g/mol. The maximum atomic E-state index is 13.6. The SMILES string of the molecule is Oc1c(Br)cc(F)c(F)c1CN1CCNCC1. The Morgan fingerprint density at radius 3 is 2.65 bits per heavy atom. The van der Waals surface area contributed by atoms with Crippen LogP contribution in [0.15, 0.2) is 10.5 Å². The predicted molar refractivity (Wildman–Crippen MR) is 63.9 cm³/mol. The lowest BCUT2D eigenvalue weighted by molar-refractivity contribution is 0.226. The number of halogens is 3. The molecule has 3 nitrogen and oxygen atoms in total. The lowest BCUT2D eigenvalue weighted by Crippen LogP contribution is -2.43. The van der Waals surface area contributed by atoms with Crippen LogP contribution in [0.25, 0.3) is 0 Å². The van der Waals surface area contributed by atoms with E-state index in [1.807, 2.05) is 4.90 Å². The van der Waals surface area contributed by atoms with E-state index in [-0.39, 0.29) is 22.3 Å². The zero-order valence-corrected chi connectivity index (χ0v) is 10.7. The number of phenols is 1. The first-order chi connectivity index (χ1) is 8.09. The summed E-state index contributed by atoms with van der Waals surface area (Å²) >= 11 is 3.01. The molecule has 0 atom stereocenters. The Kier molecular flexibility index (Phi) is 3.96. The molecule has 0 spiro atoms. The van der Waals surface area contributed by atoms with E-state index in [1.165, 1.54) is 0 Å². The maximum absolute atomic E-state index is 13.6. The normalized spacial score (nSPS) is 17.4. The smallest absolute Gasteiger partial charge is 0.167 e. The third-order valence-electron chi connectivity index (χ3n) is 2.83. The number of piperazine rings is 1. The number of aromatic hydroxyl groups is 1. The predicted octanol–water partition coefficient (Wildman–Crippen LogP) is 1.84. The maximum Gasteiger partial charge on any atom is 0.167 e. The average molecular weight is 307 g/mol. The van der Waals surface area contributed by atoms with Gasteiger partial charge in [0.25, 0.3) is 0 Å². The highest BCUT2D eigenvalue weighted by Gasteiger charge is 2.20. The molecule has 1 aromatic carbocycles. The van der Waals surface area contributed by atoms with Gasteiger partial charge in [-0.25, -0.2) is 8.78 Å². The van der Waals surface area contributed by atoms with Crippen LogP contribution in [0.2, 0.25) is 0 Å². The lowest BCUT2D eigenvalue weighted by atomic mass is 10.1. The van der Waals surface area contributed by atoms with Gasteiger partial charge in [-0.1, -0.05) is 0 Å². The van der Waals surface area contributed by atoms with Crippen LogP contribution in [0.5, 0.6) is 5.75 Å². The van der Waals surface area contributed by atoms with Gasteiger partial charge in [-0.3, -0.25) is 4.90 Å². The molecule has 0 aliphatic carbocycles. The molecule has 94 valence electrons. The molecule has 1 aromatic rings. The van der Waals surface area contributed by atoms with E-state index in [9.17, 15) is 13.9 Å². The number of rotatable bonds is 2. The van der Waals surface area contributed by atoms with E-state index in [0.717, 1.165) is 32.2 Å². The standard InChI is InChI=1S/C11H13BrF2N2O/c12-8-5-9(13)10(14)7(11(8)17)6-16-3-1-15-2-4-16/h5,15,17H,1-4,6H2. The molecule has 1 heterocycles. The van der Waals surface area contributed by atoms with Gasteiger partial charge in [0.05, 0.1) is 4.47 Å². The van der Waals surface area contributed by atoms with E-state index >= 15 is 0 Å². The van der Waals surface area contributed by atoms with Gasteiger partial charge >= 0.3 is 0 Å². The van der Waals surface area contributed by atoms with Crippen LogP contribution in [-0.2, 0) is 6.54 Å². The van der Waals surface area contributed by atoms with E-state index in [0.29, 0.717) is 0 Å². The minimum absolute atomic E-state index is 0.0128. The van der Waals surface area contributed by atoms with Crippen molar-refractivity contribution in [1.82, 2.24) is 10.2 Å².